The first-order chi connectivity index (χ1) is 9.92. The molecule has 0 aliphatic carbocycles. The molecule has 2 aromatic heterocycles. The number of rotatable bonds is 3. The van der Waals surface area contributed by atoms with Crippen LogP contribution in [-0.4, -0.2) is 22.0 Å². The maximum atomic E-state index is 12.1. The van der Waals surface area contributed by atoms with Gasteiger partial charge in [-0.05, 0) is 37.6 Å². The number of carbonyl (C=O) groups excluding carboxylic acids is 1. The highest BCUT2D eigenvalue weighted by Gasteiger charge is 2.15. The third kappa shape index (κ3) is 3.07. The SMILES string of the molecule is Cc1cc(NC(=O)c2ccc(C#N)c(C)n2)sc1C(=O)O. The molecule has 6 nitrogen and oxygen atoms in total. The zero-order valence-corrected chi connectivity index (χ0v) is 12.1. The number of thiophene rings is 1. The molecular formula is C14H11N3O3S. The Hall–Kier alpha value is -2.72. The van der Waals surface area contributed by atoms with E-state index in [-0.39, 0.29) is 10.6 Å². The Kier molecular flexibility index (Phi) is 4.00. The van der Waals surface area contributed by atoms with Gasteiger partial charge in [0.05, 0.1) is 16.3 Å². The Morgan fingerprint density at radius 1 is 1.38 bits per heavy atom. The molecule has 0 aliphatic heterocycles. The van der Waals surface area contributed by atoms with E-state index in [9.17, 15) is 9.59 Å². The van der Waals surface area contributed by atoms with Crippen molar-refractivity contribution in [2.75, 3.05) is 5.32 Å². The maximum absolute atomic E-state index is 12.1. The minimum atomic E-state index is -1.02. The van der Waals surface area contributed by atoms with Gasteiger partial charge in [-0.3, -0.25) is 4.79 Å². The summed E-state index contributed by atoms with van der Waals surface area (Å²) in [4.78, 5) is 27.3. The van der Waals surface area contributed by atoms with E-state index in [0.29, 0.717) is 21.8 Å². The summed E-state index contributed by atoms with van der Waals surface area (Å²) in [5.41, 5.74) is 1.65. The summed E-state index contributed by atoms with van der Waals surface area (Å²) in [5.74, 6) is -1.47. The number of aromatic carboxylic acids is 1. The summed E-state index contributed by atoms with van der Waals surface area (Å²) in [6.07, 6.45) is 0. The van der Waals surface area contributed by atoms with Gasteiger partial charge in [0.15, 0.2) is 0 Å². The van der Waals surface area contributed by atoms with Crippen LogP contribution in [0, 0.1) is 25.2 Å². The van der Waals surface area contributed by atoms with Gasteiger partial charge in [-0.15, -0.1) is 11.3 Å². The number of anilines is 1. The number of hydrogen-bond acceptors (Lipinski definition) is 5. The van der Waals surface area contributed by atoms with Crippen LogP contribution < -0.4 is 5.32 Å². The first-order valence-corrected chi connectivity index (χ1v) is 6.77. The van der Waals surface area contributed by atoms with Crippen LogP contribution in [0.15, 0.2) is 18.2 Å². The van der Waals surface area contributed by atoms with Crippen LogP contribution >= 0.6 is 11.3 Å². The number of aryl methyl sites for hydroxylation is 2. The molecule has 0 aromatic carbocycles. The fourth-order valence-electron chi connectivity index (χ4n) is 1.74. The van der Waals surface area contributed by atoms with Gasteiger partial charge in [0.2, 0.25) is 0 Å². The Bertz CT molecular complexity index is 774. The van der Waals surface area contributed by atoms with Crippen molar-refractivity contribution in [3.05, 3.63) is 45.6 Å². The first kappa shape index (κ1) is 14.7. The maximum Gasteiger partial charge on any atom is 0.346 e. The van der Waals surface area contributed by atoms with Crippen LogP contribution in [0.25, 0.3) is 0 Å². The highest BCUT2D eigenvalue weighted by atomic mass is 32.1. The highest BCUT2D eigenvalue weighted by molar-refractivity contribution is 7.18. The second-order valence-corrected chi connectivity index (χ2v) is 5.38. The molecule has 2 aromatic rings. The van der Waals surface area contributed by atoms with Crippen LogP contribution in [0.2, 0.25) is 0 Å². The molecular weight excluding hydrogens is 290 g/mol. The number of carboxylic acid groups (broad SMARTS) is 1. The number of amides is 1. The summed E-state index contributed by atoms with van der Waals surface area (Å²) >= 11 is 0.991. The standard InChI is InChI=1S/C14H11N3O3S/c1-7-5-11(21-12(7)14(19)20)17-13(18)10-4-3-9(6-15)8(2)16-10/h3-5H,1-2H3,(H,17,18)(H,19,20). The predicted molar refractivity (Wildman–Crippen MR) is 77.7 cm³/mol. The summed E-state index contributed by atoms with van der Waals surface area (Å²) < 4.78 is 0. The lowest BCUT2D eigenvalue weighted by atomic mass is 10.2. The van der Waals surface area contributed by atoms with E-state index < -0.39 is 11.9 Å². The summed E-state index contributed by atoms with van der Waals surface area (Å²) in [6.45, 7) is 3.31. The van der Waals surface area contributed by atoms with Gasteiger partial charge in [-0.25, -0.2) is 9.78 Å². The van der Waals surface area contributed by atoms with Crippen LogP contribution in [0.1, 0.15) is 37.0 Å². The molecule has 0 aliphatic rings. The minimum absolute atomic E-state index is 0.175. The lowest BCUT2D eigenvalue weighted by Gasteiger charge is -2.03. The fraction of sp³-hybridized carbons (Fsp3) is 0.143. The van der Waals surface area contributed by atoms with E-state index in [1.165, 1.54) is 12.1 Å². The molecule has 1 amide bonds. The van der Waals surface area contributed by atoms with E-state index in [1.54, 1.807) is 19.9 Å². The fourth-order valence-corrected chi connectivity index (χ4v) is 2.64. The molecule has 0 radical (unpaired) electrons. The minimum Gasteiger partial charge on any atom is -0.477 e. The van der Waals surface area contributed by atoms with Crippen molar-refractivity contribution in [3.63, 3.8) is 0 Å². The van der Waals surface area contributed by atoms with E-state index in [1.807, 2.05) is 6.07 Å². The number of pyridine rings is 1. The van der Waals surface area contributed by atoms with Crippen molar-refractivity contribution in [2.45, 2.75) is 13.8 Å². The number of aromatic nitrogens is 1. The topological polar surface area (TPSA) is 103 Å². The molecule has 2 N–H and O–H groups in total. The van der Waals surface area contributed by atoms with Crippen molar-refractivity contribution in [1.29, 1.82) is 5.26 Å². The van der Waals surface area contributed by atoms with E-state index in [2.05, 4.69) is 10.3 Å². The van der Waals surface area contributed by atoms with E-state index in [4.69, 9.17) is 10.4 Å². The van der Waals surface area contributed by atoms with Gasteiger partial charge < -0.3 is 10.4 Å². The van der Waals surface area contributed by atoms with Crippen LogP contribution in [0.5, 0.6) is 0 Å². The largest absolute Gasteiger partial charge is 0.477 e. The smallest absolute Gasteiger partial charge is 0.346 e. The average molecular weight is 301 g/mol. The predicted octanol–water partition coefficient (Wildman–Crippen LogP) is 2.58. The van der Waals surface area contributed by atoms with Gasteiger partial charge in [0, 0.05) is 0 Å². The van der Waals surface area contributed by atoms with Crippen molar-refractivity contribution >= 4 is 28.2 Å². The molecule has 0 saturated heterocycles. The second-order valence-electron chi connectivity index (χ2n) is 4.32. The molecule has 2 rings (SSSR count). The number of carbonyl (C=O) groups is 2. The summed E-state index contributed by atoms with van der Waals surface area (Å²) in [6, 6.07) is 6.56. The number of carboxylic acids is 1. The van der Waals surface area contributed by atoms with Crippen molar-refractivity contribution in [2.24, 2.45) is 0 Å². The lowest BCUT2D eigenvalue weighted by molar-refractivity contribution is 0.0701. The molecule has 106 valence electrons. The van der Waals surface area contributed by atoms with Crippen molar-refractivity contribution < 1.29 is 14.7 Å². The highest BCUT2D eigenvalue weighted by Crippen LogP contribution is 2.26. The third-order valence-electron chi connectivity index (χ3n) is 2.79. The zero-order chi connectivity index (χ0) is 15.6. The lowest BCUT2D eigenvalue weighted by Crippen LogP contribution is -2.13. The van der Waals surface area contributed by atoms with Crippen molar-refractivity contribution in [3.8, 4) is 6.07 Å². The molecule has 0 fully saturated rings. The number of nitrogens with zero attached hydrogens (tertiary/aromatic N) is 2. The number of hydrogen-bond donors (Lipinski definition) is 2. The Labute approximate surface area is 124 Å². The zero-order valence-electron chi connectivity index (χ0n) is 11.3. The molecule has 7 heteroatoms. The molecule has 0 unspecified atom stereocenters. The van der Waals surface area contributed by atoms with Gasteiger partial charge in [0.1, 0.15) is 16.6 Å². The van der Waals surface area contributed by atoms with Crippen LogP contribution in [0.4, 0.5) is 5.00 Å². The quantitative estimate of drug-likeness (QED) is 0.907. The molecule has 0 saturated carbocycles. The molecule has 21 heavy (non-hydrogen) atoms. The monoisotopic (exact) mass is 301 g/mol. The third-order valence-corrected chi connectivity index (χ3v) is 3.93. The average Bonchev–Trinajstić information content (AvgIpc) is 2.79. The second kappa shape index (κ2) is 5.73. The molecule has 0 atom stereocenters. The first-order valence-electron chi connectivity index (χ1n) is 5.95. The molecule has 0 bridgehead atoms. The normalized spacial score (nSPS) is 9.95. The summed E-state index contributed by atoms with van der Waals surface area (Å²) in [5, 5.41) is 20.9. The molecule has 0 spiro atoms. The van der Waals surface area contributed by atoms with Crippen molar-refractivity contribution in [1.82, 2.24) is 4.98 Å². The Balaban J connectivity index is 2.22. The van der Waals surface area contributed by atoms with E-state index in [0.717, 1.165) is 11.3 Å². The van der Waals surface area contributed by atoms with Gasteiger partial charge in [0.25, 0.3) is 5.91 Å². The Morgan fingerprint density at radius 3 is 2.62 bits per heavy atom. The Morgan fingerprint density at radius 2 is 2.10 bits per heavy atom. The molecule has 2 heterocycles. The van der Waals surface area contributed by atoms with Crippen LogP contribution in [0.3, 0.4) is 0 Å². The van der Waals surface area contributed by atoms with E-state index >= 15 is 0 Å². The van der Waals surface area contributed by atoms with Gasteiger partial charge >= 0.3 is 5.97 Å². The van der Waals surface area contributed by atoms with Crippen LogP contribution in [-0.2, 0) is 0 Å². The number of nitriles is 1. The van der Waals surface area contributed by atoms with Gasteiger partial charge in [-0.2, -0.15) is 5.26 Å². The van der Waals surface area contributed by atoms with Gasteiger partial charge in [-0.1, -0.05) is 0 Å². The number of nitrogens with one attached hydrogen (secondary N) is 1. The summed E-state index contributed by atoms with van der Waals surface area (Å²) in [7, 11) is 0.